The van der Waals surface area contributed by atoms with Gasteiger partial charge in [-0.25, -0.2) is 9.37 Å². The van der Waals surface area contributed by atoms with Crippen LogP contribution in [0.5, 0.6) is 5.75 Å². The molecule has 0 radical (unpaired) electrons. The number of fused-ring (bicyclic) bond motifs is 1. The van der Waals surface area contributed by atoms with Crippen LogP contribution in [0.2, 0.25) is 0 Å². The summed E-state index contributed by atoms with van der Waals surface area (Å²) >= 11 is 0. The van der Waals surface area contributed by atoms with Crippen LogP contribution in [-0.4, -0.2) is 31.8 Å². The van der Waals surface area contributed by atoms with Crippen molar-refractivity contribution in [2.75, 3.05) is 6.61 Å². The van der Waals surface area contributed by atoms with Gasteiger partial charge in [-0.1, -0.05) is 30.3 Å². The molecule has 2 aromatic heterocycles. The van der Waals surface area contributed by atoms with Crippen LogP contribution in [0.25, 0.3) is 27.8 Å². The van der Waals surface area contributed by atoms with Crippen molar-refractivity contribution in [3.63, 3.8) is 0 Å². The number of H-pyrrole nitrogens is 1. The van der Waals surface area contributed by atoms with Gasteiger partial charge in [0.2, 0.25) is 0 Å². The maximum Gasteiger partial charge on any atom is 0.275 e. The second kappa shape index (κ2) is 7.76. The minimum absolute atomic E-state index is 0.218. The number of benzene rings is 2. The second-order valence-electron chi connectivity index (χ2n) is 7.73. The van der Waals surface area contributed by atoms with E-state index in [1.165, 1.54) is 17.0 Å². The molecule has 0 saturated heterocycles. The Hall–Kier alpha value is -3.45. The van der Waals surface area contributed by atoms with Gasteiger partial charge in [-0.05, 0) is 31.5 Å². The fraction of sp³-hybridized carbons (Fsp3) is 0.217. The summed E-state index contributed by atoms with van der Waals surface area (Å²) in [6.07, 6.45) is 3.48. The SMILES string of the molecule is CC(C)(O)CCOc1ccc(-n2cc(-c3ccccc3)c3nc[nH]c(=O)c32)c(F)c1. The van der Waals surface area contributed by atoms with Crippen molar-refractivity contribution < 1.29 is 14.2 Å². The maximum absolute atomic E-state index is 15.0. The van der Waals surface area contributed by atoms with Crippen LogP contribution in [-0.2, 0) is 0 Å². The van der Waals surface area contributed by atoms with E-state index in [0.29, 0.717) is 17.7 Å². The van der Waals surface area contributed by atoms with Gasteiger partial charge in [-0.2, -0.15) is 0 Å². The molecule has 2 N–H and O–H groups in total. The van der Waals surface area contributed by atoms with Crippen molar-refractivity contribution in [2.24, 2.45) is 0 Å². The zero-order valence-electron chi connectivity index (χ0n) is 16.7. The third-order valence-electron chi connectivity index (χ3n) is 4.83. The average Bonchev–Trinajstić information content (AvgIpc) is 3.09. The minimum Gasteiger partial charge on any atom is -0.493 e. The molecule has 154 valence electrons. The zero-order valence-corrected chi connectivity index (χ0v) is 16.7. The number of ether oxygens (including phenoxy) is 1. The first-order valence-corrected chi connectivity index (χ1v) is 9.63. The summed E-state index contributed by atoms with van der Waals surface area (Å²) in [6, 6.07) is 14.0. The number of aliphatic hydroxyl groups is 1. The molecule has 0 saturated carbocycles. The Morgan fingerprint density at radius 3 is 2.67 bits per heavy atom. The van der Waals surface area contributed by atoms with Crippen LogP contribution in [0.4, 0.5) is 4.39 Å². The fourth-order valence-electron chi connectivity index (χ4n) is 3.28. The van der Waals surface area contributed by atoms with Crippen LogP contribution in [0, 0.1) is 5.82 Å². The topological polar surface area (TPSA) is 80.1 Å². The molecular weight excluding hydrogens is 385 g/mol. The molecule has 7 heteroatoms. The standard InChI is InChI=1S/C23H22FN3O3/c1-23(2,29)10-11-30-16-8-9-19(18(24)12-16)27-13-17(15-6-4-3-5-7-15)20-21(27)22(28)26-14-25-20/h3-9,12-14,29H,10-11H2,1-2H3,(H,25,26,28). The lowest BCUT2D eigenvalue weighted by molar-refractivity contribution is 0.0553. The van der Waals surface area contributed by atoms with Gasteiger partial charge in [0.05, 0.1) is 24.2 Å². The van der Waals surface area contributed by atoms with Crippen molar-refractivity contribution in [2.45, 2.75) is 25.9 Å². The van der Waals surface area contributed by atoms with Crippen LogP contribution >= 0.6 is 0 Å². The number of hydrogen-bond donors (Lipinski definition) is 2. The zero-order chi connectivity index (χ0) is 21.3. The Balaban J connectivity index is 1.76. The summed E-state index contributed by atoms with van der Waals surface area (Å²) in [4.78, 5) is 19.4. The molecule has 0 aliphatic carbocycles. The number of rotatable bonds is 6. The van der Waals surface area contributed by atoms with E-state index in [4.69, 9.17) is 4.74 Å². The minimum atomic E-state index is -0.857. The quantitative estimate of drug-likeness (QED) is 0.505. The molecule has 0 unspecified atom stereocenters. The molecule has 0 aliphatic heterocycles. The van der Waals surface area contributed by atoms with Gasteiger partial charge in [0.15, 0.2) is 5.82 Å². The number of nitrogens with one attached hydrogen (secondary N) is 1. The number of aromatic nitrogens is 3. The van der Waals surface area contributed by atoms with E-state index in [2.05, 4.69) is 9.97 Å². The van der Waals surface area contributed by atoms with E-state index < -0.39 is 11.4 Å². The number of hydrogen-bond acceptors (Lipinski definition) is 4. The molecule has 4 rings (SSSR count). The molecule has 2 aromatic carbocycles. The summed E-state index contributed by atoms with van der Waals surface area (Å²) < 4.78 is 22.0. The van der Waals surface area contributed by atoms with Crippen LogP contribution in [0.15, 0.2) is 65.8 Å². The lowest BCUT2D eigenvalue weighted by Crippen LogP contribution is -2.21. The van der Waals surface area contributed by atoms with Gasteiger partial charge < -0.3 is 19.4 Å². The maximum atomic E-state index is 15.0. The molecule has 0 aliphatic rings. The van der Waals surface area contributed by atoms with Crippen molar-refractivity contribution in [1.29, 1.82) is 0 Å². The van der Waals surface area contributed by atoms with Gasteiger partial charge in [0.1, 0.15) is 16.8 Å². The highest BCUT2D eigenvalue weighted by Crippen LogP contribution is 2.31. The first-order valence-electron chi connectivity index (χ1n) is 9.63. The third kappa shape index (κ3) is 3.97. The molecular formula is C23H22FN3O3. The highest BCUT2D eigenvalue weighted by atomic mass is 19.1. The van der Waals surface area contributed by atoms with E-state index in [1.54, 1.807) is 32.2 Å². The third-order valence-corrected chi connectivity index (χ3v) is 4.83. The number of nitrogens with zero attached hydrogens (tertiary/aromatic N) is 2. The molecule has 0 spiro atoms. The van der Waals surface area contributed by atoms with Crippen molar-refractivity contribution in [3.05, 3.63) is 77.2 Å². The smallest absolute Gasteiger partial charge is 0.275 e. The summed E-state index contributed by atoms with van der Waals surface area (Å²) in [5.74, 6) is -0.178. The molecule has 0 fully saturated rings. The summed E-state index contributed by atoms with van der Waals surface area (Å²) in [5, 5.41) is 9.77. The lowest BCUT2D eigenvalue weighted by Gasteiger charge is -2.17. The largest absolute Gasteiger partial charge is 0.493 e. The van der Waals surface area contributed by atoms with E-state index in [1.807, 2.05) is 30.3 Å². The Kier molecular flexibility index (Phi) is 5.13. The van der Waals surface area contributed by atoms with E-state index >= 15 is 0 Å². The predicted molar refractivity (Wildman–Crippen MR) is 113 cm³/mol. The molecule has 30 heavy (non-hydrogen) atoms. The fourth-order valence-corrected chi connectivity index (χ4v) is 3.28. The Morgan fingerprint density at radius 1 is 1.20 bits per heavy atom. The van der Waals surface area contributed by atoms with Crippen LogP contribution < -0.4 is 10.3 Å². The highest BCUT2D eigenvalue weighted by molar-refractivity contribution is 5.93. The molecule has 0 atom stereocenters. The first kappa shape index (κ1) is 19.8. The van der Waals surface area contributed by atoms with Gasteiger partial charge in [-0.3, -0.25) is 4.79 Å². The Morgan fingerprint density at radius 2 is 1.97 bits per heavy atom. The lowest BCUT2D eigenvalue weighted by atomic mass is 10.1. The van der Waals surface area contributed by atoms with E-state index in [0.717, 1.165) is 11.1 Å². The monoisotopic (exact) mass is 407 g/mol. The van der Waals surface area contributed by atoms with Crippen molar-refractivity contribution >= 4 is 11.0 Å². The van der Waals surface area contributed by atoms with E-state index in [-0.39, 0.29) is 23.4 Å². The Bertz CT molecular complexity index is 1240. The van der Waals surface area contributed by atoms with Crippen LogP contribution in [0.1, 0.15) is 20.3 Å². The normalized spacial score (nSPS) is 11.7. The molecule has 0 bridgehead atoms. The predicted octanol–water partition coefficient (Wildman–Crippen LogP) is 4.06. The van der Waals surface area contributed by atoms with Gasteiger partial charge >= 0.3 is 0 Å². The van der Waals surface area contributed by atoms with Gasteiger partial charge in [-0.15, -0.1) is 0 Å². The molecule has 4 aromatic rings. The molecule has 0 amide bonds. The second-order valence-corrected chi connectivity index (χ2v) is 7.73. The van der Waals surface area contributed by atoms with E-state index in [9.17, 15) is 14.3 Å². The number of aromatic amines is 1. The van der Waals surface area contributed by atoms with Crippen LogP contribution in [0.3, 0.4) is 0 Å². The summed E-state index contributed by atoms with van der Waals surface area (Å²) in [6.45, 7) is 3.64. The first-order chi connectivity index (χ1) is 14.3. The van der Waals surface area contributed by atoms with Crippen molar-refractivity contribution in [3.8, 4) is 22.6 Å². The van der Waals surface area contributed by atoms with Crippen molar-refractivity contribution in [1.82, 2.24) is 14.5 Å². The molecule has 6 nitrogen and oxygen atoms in total. The number of halogens is 1. The summed E-state index contributed by atoms with van der Waals surface area (Å²) in [7, 11) is 0. The average molecular weight is 407 g/mol. The molecule has 2 heterocycles. The highest BCUT2D eigenvalue weighted by Gasteiger charge is 2.18. The Labute approximate surface area is 172 Å². The summed E-state index contributed by atoms with van der Waals surface area (Å²) in [5.41, 5.74) is 1.39. The van der Waals surface area contributed by atoms with Gasteiger partial charge in [0.25, 0.3) is 5.56 Å². The van der Waals surface area contributed by atoms with Gasteiger partial charge in [0, 0.05) is 24.2 Å².